The molecule has 2 N–H and O–H groups in total. The molecule has 0 saturated carbocycles. The number of rotatable bonds is 7. The highest BCUT2D eigenvalue weighted by atomic mass is 15.2. The predicted molar refractivity (Wildman–Crippen MR) is 79.7 cm³/mol. The molecule has 1 unspecified atom stereocenters. The van der Waals surface area contributed by atoms with Crippen LogP contribution >= 0.6 is 0 Å². The summed E-state index contributed by atoms with van der Waals surface area (Å²) in [5, 5.41) is 0. The number of hydrogen-bond acceptors (Lipinski definition) is 2. The second kappa shape index (κ2) is 6.91. The van der Waals surface area contributed by atoms with Gasteiger partial charge in [0.15, 0.2) is 0 Å². The molecule has 0 fully saturated rings. The molecule has 1 aromatic carbocycles. The minimum Gasteiger partial charge on any atom is -0.329 e. The lowest BCUT2D eigenvalue weighted by Crippen LogP contribution is -2.51. The van der Waals surface area contributed by atoms with Crippen molar-refractivity contribution in [2.45, 2.75) is 39.2 Å². The highest BCUT2D eigenvalue weighted by molar-refractivity contribution is 5.15. The zero-order chi connectivity index (χ0) is 13.6. The molecule has 0 radical (unpaired) electrons. The van der Waals surface area contributed by atoms with Gasteiger partial charge in [-0.2, -0.15) is 0 Å². The van der Waals surface area contributed by atoms with Gasteiger partial charge in [0.25, 0.3) is 0 Å². The first-order valence-electron chi connectivity index (χ1n) is 6.93. The average Bonchev–Trinajstić information content (AvgIpc) is 2.36. The Morgan fingerprint density at radius 1 is 1.22 bits per heavy atom. The normalized spacial score (nSPS) is 15.1. The molecule has 2 heteroatoms. The average molecular weight is 248 g/mol. The largest absolute Gasteiger partial charge is 0.329 e. The highest BCUT2D eigenvalue weighted by Gasteiger charge is 2.27. The summed E-state index contributed by atoms with van der Waals surface area (Å²) >= 11 is 0. The molecule has 1 aromatic rings. The van der Waals surface area contributed by atoms with Crippen LogP contribution < -0.4 is 5.73 Å². The lowest BCUT2D eigenvalue weighted by molar-refractivity contribution is 0.119. The Balaban J connectivity index is 2.59. The van der Waals surface area contributed by atoms with E-state index in [4.69, 9.17) is 5.73 Å². The van der Waals surface area contributed by atoms with E-state index in [1.807, 2.05) is 0 Å². The van der Waals surface area contributed by atoms with Gasteiger partial charge < -0.3 is 5.73 Å². The molecule has 0 aromatic heterocycles. The van der Waals surface area contributed by atoms with E-state index in [2.05, 4.69) is 63.1 Å². The van der Waals surface area contributed by atoms with E-state index in [1.54, 1.807) is 0 Å². The van der Waals surface area contributed by atoms with Crippen molar-refractivity contribution in [2.24, 2.45) is 11.7 Å². The molecule has 2 nitrogen and oxygen atoms in total. The molecule has 0 aliphatic carbocycles. The molecular weight excluding hydrogens is 220 g/mol. The van der Waals surface area contributed by atoms with Crippen LogP contribution in [0.3, 0.4) is 0 Å². The quantitative estimate of drug-likeness (QED) is 0.804. The molecule has 0 saturated heterocycles. The Hall–Kier alpha value is -0.860. The number of benzene rings is 1. The number of nitrogens with zero attached hydrogens (tertiary/aromatic N) is 1. The van der Waals surface area contributed by atoms with Crippen LogP contribution in [0.15, 0.2) is 30.3 Å². The number of aryl methyl sites for hydroxylation is 1. The monoisotopic (exact) mass is 248 g/mol. The molecular formula is C16H28N2. The highest BCUT2D eigenvalue weighted by Crippen LogP contribution is 2.20. The van der Waals surface area contributed by atoms with Gasteiger partial charge in [-0.15, -0.1) is 0 Å². The van der Waals surface area contributed by atoms with Crippen LogP contribution in [0.5, 0.6) is 0 Å². The van der Waals surface area contributed by atoms with Crippen LogP contribution in [-0.4, -0.2) is 30.6 Å². The van der Waals surface area contributed by atoms with Gasteiger partial charge in [-0.25, -0.2) is 0 Å². The van der Waals surface area contributed by atoms with Crippen molar-refractivity contribution in [3.8, 4) is 0 Å². The first-order chi connectivity index (χ1) is 8.48. The second-order valence-electron chi connectivity index (χ2n) is 5.96. The fraction of sp³-hybridized carbons (Fsp3) is 0.625. The molecule has 1 atom stereocenters. The minimum absolute atomic E-state index is 0.0973. The lowest BCUT2D eigenvalue weighted by atomic mass is 9.91. The maximum Gasteiger partial charge on any atom is 0.0303 e. The summed E-state index contributed by atoms with van der Waals surface area (Å²) in [6, 6.07) is 10.7. The number of hydrogen-bond donors (Lipinski definition) is 1. The fourth-order valence-corrected chi connectivity index (χ4v) is 2.28. The van der Waals surface area contributed by atoms with Crippen LogP contribution in [0.2, 0.25) is 0 Å². The van der Waals surface area contributed by atoms with Gasteiger partial charge in [0.1, 0.15) is 0 Å². The molecule has 0 heterocycles. The number of nitrogens with two attached hydrogens (primary N) is 1. The third-order valence-corrected chi connectivity index (χ3v) is 3.80. The predicted octanol–water partition coefficient (Wildman–Crippen LogP) is 2.92. The Bertz CT molecular complexity index is 334. The van der Waals surface area contributed by atoms with Gasteiger partial charge in [0.2, 0.25) is 0 Å². The fourth-order valence-electron chi connectivity index (χ4n) is 2.28. The Morgan fingerprint density at radius 2 is 1.83 bits per heavy atom. The summed E-state index contributed by atoms with van der Waals surface area (Å²) in [4.78, 5) is 2.42. The van der Waals surface area contributed by atoms with Crippen molar-refractivity contribution in [1.29, 1.82) is 0 Å². The summed E-state index contributed by atoms with van der Waals surface area (Å²) in [6.07, 6.45) is 2.20. The van der Waals surface area contributed by atoms with Crippen LogP contribution in [-0.2, 0) is 6.42 Å². The molecule has 1 rings (SSSR count). The maximum absolute atomic E-state index is 6.01. The second-order valence-corrected chi connectivity index (χ2v) is 5.96. The Labute approximate surface area is 112 Å². The number of likely N-dealkylation sites (N-methyl/N-ethyl adjacent to an activating group) is 1. The van der Waals surface area contributed by atoms with E-state index in [9.17, 15) is 0 Å². The molecule has 0 aliphatic heterocycles. The molecule has 18 heavy (non-hydrogen) atoms. The lowest BCUT2D eigenvalue weighted by Gasteiger charge is -2.39. The molecule has 102 valence electrons. The summed E-state index contributed by atoms with van der Waals surface area (Å²) in [5.41, 5.74) is 7.50. The van der Waals surface area contributed by atoms with Crippen LogP contribution in [0, 0.1) is 5.92 Å². The van der Waals surface area contributed by atoms with Crippen molar-refractivity contribution in [3.05, 3.63) is 35.9 Å². The van der Waals surface area contributed by atoms with Crippen LogP contribution in [0.4, 0.5) is 0 Å². The maximum atomic E-state index is 6.01. The van der Waals surface area contributed by atoms with Gasteiger partial charge in [-0.05, 0) is 38.3 Å². The standard InChI is InChI=1S/C16H28N2/c1-14(2)12-18(4)16(3,13-17)11-10-15-8-6-5-7-9-15/h5-9,14H,10-13,17H2,1-4H3. The van der Waals surface area contributed by atoms with Crippen molar-refractivity contribution >= 4 is 0 Å². The van der Waals surface area contributed by atoms with Gasteiger partial charge in [-0.1, -0.05) is 44.2 Å². The molecule has 0 spiro atoms. The topological polar surface area (TPSA) is 29.3 Å². The Kier molecular flexibility index (Phi) is 5.83. The van der Waals surface area contributed by atoms with Crippen molar-refractivity contribution in [1.82, 2.24) is 4.90 Å². The third kappa shape index (κ3) is 4.43. The van der Waals surface area contributed by atoms with Gasteiger partial charge >= 0.3 is 0 Å². The summed E-state index contributed by atoms with van der Waals surface area (Å²) < 4.78 is 0. The van der Waals surface area contributed by atoms with E-state index in [-0.39, 0.29) is 5.54 Å². The smallest absolute Gasteiger partial charge is 0.0303 e. The minimum atomic E-state index is 0.0973. The van der Waals surface area contributed by atoms with Gasteiger partial charge in [0, 0.05) is 18.6 Å². The van der Waals surface area contributed by atoms with E-state index in [0.717, 1.165) is 19.4 Å². The van der Waals surface area contributed by atoms with Gasteiger partial charge in [-0.3, -0.25) is 4.90 Å². The summed E-state index contributed by atoms with van der Waals surface area (Å²) in [5.74, 6) is 0.678. The SMILES string of the molecule is CC(C)CN(C)C(C)(CN)CCc1ccccc1. The zero-order valence-electron chi connectivity index (χ0n) is 12.3. The van der Waals surface area contributed by atoms with Crippen LogP contribution in [0.25, 0.3) is 0 Å². The molecule has 0 aliphatic rings. The van der Waals surface area contributed by atoms with E-state index in [1.165, 1.54) is 5.56 Å². The Morgan fingerprint density at radius 3 is 2.33 bits per heavy atom. The van der Waals surface area contributed by atoms with E-state index < -0.39 is 0 Å². The van der Waals surface area contributed by atoms with Crippen molar-refractivity contribution in [3.63, 3.8) is 0 Å². The van der Waals surface area contributed by atoms with Crippen molar-refractivity contribution in [2.75, 3.05) is 20.1 Å². The van der Waals surface area contributed by atoms with Crippen molar-refractivity contribution < 1.29 is 0 Å². The summed E-state index contributed by atoms with van der Waals surface area (Å²) in [7, 11) is 2.19. The van der Waals surface area contributed by atoms with E-state index in [0.29, 0.717) is 12.5 Å². The third-order valence-electron chi connectivity index (χ3n) is 3.80. The van der Waals surface area contributed by atoms with Crippen LogP contribution in [0.1, 0.15) is 32.8 Å². The zero-order valence-corrected chi connectivity index (χ0v) is 12.3. The first kappa shape index (κ1) is 15.2. The molecule has 0 bridgehead atoms. The summed E-state index contributed by atoms with van der Waals surface area (Å²) in [6.45, 7) is 8.60. The van der Waals surface area contributed by atoms with E-state index >= 15 is 0 Å². The molecule has 0 amide bonds. The first-order valence-corrected chi connectivity index (χ1v) is 6.93. The van der Waals surface area contributed by atoms with Gasteiger partial charge in [0.05, 0.1) is 0 Å².